The van der Waals surface area contributed by atoms with Crippen molar-refractivity contribution in [2.75, 3.05) is 26.2 Å². The van der Waals surface area contributed by atoms with E-state index >= 15 is 0 Å². The summed E-state index contributed by atoms with van der Waals surface area (Å²) in [6.45, 7) is 3.68. The van der Waals surface area contributed by atoms with Crippen LogP contribution >= 0.6 is 0 Å². The summed E-state index contributed by atoms with van der Waals surface area (Å²) in [5.41, 5.74) is -0.0351. The molecule has 4 rings (SSSR count). The molecule has 9 heteroatoms. The van der Waals surface area contributed by atoms with Crippen molar-refractivity contribution in [3.63, 3.8) is 0 Å². The lowest BCUT2D eigenvalue weighted by Gasteiger charge is -2.18. The maximum atomic E-state index is 12.8. The van der Waals surface area contributed by atoms with Gasteiger partial charge in [0.25, 0.3) is 5.91 Å². The molecule has 2 aliphatic heterocycles. The first-order chi connectivity index (χ1) is 14.3. The van der Waals surface area contributed by atoms with Gasteiger partial charge in [0.1, 0.15) is 17.6 Å². The van der Waals surface area contributed by atoms with E-state index in [1.165, 1.54) is 22.5 Å². The van der Waals surface area contributed by atoms with E-state index in [-0.39, 0.29) is 16.9 Å². The molecule has 160 valence electrons. The second-order valence-corrected chi connectivity index (χ2v) is 9.58. The molecule has 1 unspecified atom stereocenters. The number of amides is 1. The quantitative estimate of drug-likeness (QED) is 0.717. The van der Waals surface area contributed by atoms with Crippen LogP contribution in [0.25, 0.3) is 0 Å². The van der Waals surface area contributed by atoms with Gasteiger partial charge in [-0.15, -0.1) is 0 Å². The van der Waals surface area contributed by atoms with Gasteiger partial charge in [0.2, 0.25) is 10.0 Å². The van der Waals surface area contributed by atoms with Crippen LogP contribution in [0.5, 0.6) is 5.75 Å². The lowest BCUT2D eigenvalue weighted by Crippen LogP contribution is -2.31. The van der Waals surface area contributed by atoms with Crippen molar-refractivity contribution in [2.45, 2.75) is 37.2 Å². The highest BCUT2D eigenvalue weighted by Crippen LogP contribution is 2.23. The highest BCUT2D eigenvalue weighted by Gasteiger charge is 2.30. The number of rotatable bonds is 5. The van der Waals surface area contributed by atoms with E-state index in [4.69, 9.17) is 9.15 Å². The average Bonchev–Trinajstić information content (AvgIpc) is 3.39. The number of nitrogens with zero attached hydrogens (tertiary/aromatic N) is 2. The molecule has 0 bridgehead atoms. The SMILES string of the molecule is Cc1cc(OC2CCN(C(=O)c3ccc(S(=O)(=O)N4CCCC4)cc3)C2)cc(=O)o1. The van der Waals surface area contributed by atoms with Gasteiger partial charge in [0, 0.05) is 37.7 Å². The predicted molar refractivity (Wildman–Crippen MR) is 109 cm³/mol. The van der Waals surface area contributed by atoms with Crippen LogP contribution in [-0.4, -0.2) is 55.8 Å². The summed E-state index contributed by atoms with van der Waals surface area (Å²) >= 11 is 0. The van der Waals surface area contributed by atoms with Crippen molar-refractivity contribution in [3.8, 4) is 5.75 Å². The first-order valence-corrected chi connectivity index (χ1v) is 11.4. The summed E-state index contributed by atoms with van der Waals surface area (Å²) in [4.78, 5) is 26.2. The van der Waals surface area contributed by atoms with Crippen LogP contribution in [-0.2, 0) is 10.0 Å². The number of carbonyl (C=O) groups excluding carboxylic acids is 1. The Morgan fingerprint density at radius 2 is 1.80 bits per heavy atom. The molecule has 2 saturated heterocycles. The standard InChI is InChI=1S/C21H24N2O6S/c1-15-12-18(13-20(24)28-15)29-17-8-11-22(14-17)21(25)16-4-6-19(7-5-16)30(26,27)23-9-2-3-10-23/h4-7,12-13,17H,2-3,8-11,14H2,1H3. The monoisotopic (exact) mass is 432 g/mol. The molecule has 1 aromatic heterocycles. The summed E-state index contributed by atoms with van der Waals surface area (Å²) in [5, 5.41) is 0. The Hall–Kier alpha value is -2.65. The normalized spacial score (nSPS) is 19.9. The number of hydrogen-bond acceptors (Lipinski definition) is 6. The van der Waals surface area contributed by atoms with E-state index in [1.807, 2.05) is 0 Å². The fraction of sp³-hybridized carbons (Fsp3) is 0.429. The van der Waals surface area contributed by atoms with Crippen molar-refractivity contribution in [2.24, 2.45) is 0 Å². The Bertz CT molecular complexity index is 1090. The zero-order valence-electron chi connectivity index (χ0n) is 16.7. The van der Waals surface area contributed by atoms with Gasteiger partial charge in [-0.1, -0.05) is 0 Å². The van der Waals surface area contributed by atoms with Crippen molar-refractivity contribution in [3.05, 3.63) is 58.1 Å². The number of sulfonamides is 1. The van der Waals surface area contributed by atoms with E-state index in [2.05, 4.69) is 0 Å². The van der Waals surface area contributed by atoms with Gasteiger partial charge in [-0.2, -0.15) is 4.31 Å². The zero-order valence-corrected chi connectivity index (χ0v) is 17.6. The highest BCUT2D eigenvalue weighted by atomic mass is 32.2. The zero-order chi connectivity index (χ0) is 21.3. The molecule has 0 saturated carbocycles. The van der Waals surface area contributed by atoms with E-state index < -0.39 is 15.6 Å². The summed E-state index contributed by atoms with van der Waals surface area (Å²) in [5.74, 6) is 0.724. The van der Waals surface area contributed by atoms with E-state index in [1.54, 1.807) is 30.0 Å². The van der Waals surface area contributed by atoms with Gasteiger partial charge in [-0.3, -0.25) is 4.79 Å². The minimum atomic E-state index is -3.50. The largest absolute Gasteiger partial charge is 0.488 e. The Kier molecular flexibility index (Phi) is 5.66. The number of ether oxygens (including phenoxy) is 1. The molecule has 0 N–H and O–H groups in total. The van der Waals surface area contributed by atoms with Crippen LogP contribution in [0.2, 0.25) is 0 Å². The predicted octanol–water partition coefficient (Wildman–Crippen LogP) is 2.03. The molecule has 1 atom stereocenters. The first kappa shape index (κ1) is 20.6. The smallest absolute Gasteiger partial charge is 0.339 e. The first-order valence-electron chi connectivity index (χ1n) is 10.0. The van der Waals surface area contributed by atoms with Gasteiger partial charge in [-0.25, -0.2) is 13.2 Å². The van der Waals surface area contributed by atoms with Gasteiger partial charge in [0.15, 0.2) is 0 Å². The van der Waals surface area contributed by atoms with Crippen LogP contribution in [0, 0.1) is 6.92 Å². The Morgan fingerprint density at radius 3 is 2.47 bits per heavy atom. The Labute approximate surface area is 175 Å². The Morgan fingerprint density at radius 1 is 1.10 bits per heavy atom. The molecule has 1 amide bonds. The van der Waals surface area contributed by atoms with E-state index in [0.29, 0.717) is 49.7 Å². The van der Waals surface area contributed by atoms with E-state index in [9.17, 15) is 18.0 Å². The van der Waals surface area contributed by atoms with Crippen LogP contribution in [0.3, 0.4) is 0 Å². The highest BCUT2D eigenvalue weighted by molar-refractivity contribution is 7.89. The minimum absolute atomic E-state index is 0.171. The molecule has 0 spiro atoms. The lowest BCUT2D eigenvalue weighted by atomic mass is 10.2. The molecule has 1 aromatic carbocycles. The van der Waals surface area contributed by atoms with Crippen LogP contribution < -0.4 is 10.4 Å². The minimum Gasteiger partial charge on any atom is -0.488 e. The molecule has 2 aliphatic rings. The van der Waals surface area contributed by atoms with Gasteiger partial charge >= 0.3 is 5.63 Å². The maximum absolute atomic E-state index is 12.8. The molecule has 8 nitrogen and oxygen atoms in total. The van der Waals surface area contributed by atoms with Crippen molar-refractivity contribution in [1.29, 1.82) is 0 Å². The number of aryl methyl sites for hydroxylation is 1. The summed E-state index contributed by atoms with van der Waals surface area (Å²) in [6, 6.07) is 9.05. The molecule has 3 heterocycles. The van der Waals surface area contributed by atoms with Gasteiger partial charge < -0.3 is 14.1 Å². The van der Waals surface area contributed by atoms with Gasteiger partial charge in [-0.05, 0) is 44.0 Å². The van der Waals surface area contributed by atoms with Crippen molar-refractivity contribution >= 4 is 15.9 Å². The fourth-order valence-corrected chi connectivity index (χ4v) is 5.39. The second-order valence-electron chi connectivity index (χ2n) is 7.64. The Balaban J connectivity index is 1.40. The third kappa shape index (κ3) is 4.27. The summed E-state index contributed by atoms with van der Waals surface area (Å²) in [7, 11) is -3.50. The molecule has 2 aromatic rings. The maximum Gasteiger partial charge on any atom is 0.339 e. The van der Waals surface area contributed by atoms with Crippen LogP contribution in [0.4, 0.5) is 0 Å². The number of likely N-dealkylation sites (tertiary alicyclic amines) is 1. The van der Waals surface area contributed by atoms with Crippen molar-refractivity contribution < 1.29 is 22.4 Å². The van der Waals surface area contributed by atoms with Gasteiger partial charge in [0.05, 0.1) is 17.5 Å². The molecular weight excluding hydrogens is 408 g/mol. The number of benzene rings is 1. The molecule has 0 aliphatic carbocycles. The van der Waals surface area contributed by atoms with Crippen LogP contribution in [0.1, 0.15) is 35.4 Å². The third-order valence-electron chi connectivity index (χ3n) is 5.41. The number of hydrogen-bond donors (Lipinski definition) is 0. The molecule has 0 radical (unpaired) electrons. The second kappa shape index (κ2) is 8.23. The topological polar surface area (TPSA) is 97.1 Å². The van der Waals surface area contributed by atoms with Crippen molar-refractivity contribution in [1.82, 2.24) is 9.21 Å². The third-order valence-corrected chi connectivity index (χ3v) is 7.32. The molecular formula is C21H24N2O6S. The lowest BCUT2D eigenvalue weighted by molar-refractivity contribution is 0.0772. The summed E-state index contributed by atoms with van der Waals surface area (Å²) < 4.78 is 37.5. The summed E-state index contributed by atoms with van der Waals surface area (Å²) in [6.07, 6.45) is 2.18. The van der Waals surface area contributed by atoms with Crippen LogP contribution in [0.15, 0.2) is 50.5 Å². The average molecular weight is 432 g/mol. The fourth-order valence-electron chi connectivity index (χ4n) is 3.87. The molecule has 30 heavy (non-hydrogen) atoms. The number of carbonyl (C=O) groups is 1. The van der Waals surface area contributed by atoms with E-state index in [0.717, 1.165) is 12.8 Å². The molecule has 2 fully saturated rings.